The van der Waals surface area contributed by atoms with Crippen LogP contribution in [0, 0.1) is 11.8 Å². The lowest BCUT2D eigenvalue weighted by molar-refractivity contribution is -0.140. The summed E-state index contributed by atoms with van der Waals surface area (Å²) in [4.78, 5) is 72.1. The first-order valence-corrected chi connectivity index (χ1v) is 16.2. The van der Waals surface area contributed by atoms with Gasteiger partial charge in [0.05, 0.1) is 0 Å². The lowest BCUT2D eigenvalue weighted by Crippen LogP contribution is -2.56. The molecule has 2 aliphatic rings. The van der Waals surface area contributed by atoms with E-state index in [1.165, 1.54) is 6.26 Å². The fourth-order valence-corrected chi connectivity index (χ4v) is 5.63. The SMILES string of the molecule is CCOCC(=O)N1CCC(C(=O)N[C@H]2CCCCNC(=O)c3coc(n3)[C@H](C(C)C)NC(=O)[C@H](Cc3ccccc3)NC2=O)CC1. The van der Waals surface area contributed by atoms with E-state index in [-0.39, 0.29) is 48.3 Å². The summed E-state index contributed by atoms with van der Waals surface area (Å²) in [5, 5.41) is 11.6. The van der Waals surface area contributed by atoms with Crippen LogP contribution in [0.15, 0.2) is 41.0 Å². The maximum Gasteiger partial charge on any atom is 0.273 e. The topological polar surface area (TPSA) is 172 Å². The van der Waals surface area contributed by atoms with Gasteiger partial charge in [0.15, 0.2) is 5.69 Å². The van der Waals surface area contributed by atoms with E-state index in [1.807, 2.05) is 51.1 Å². The zero-order valence-electron chi connectivity index (χ0n) is 26.9. The summed E-state index contributed by atoms with van der Waals surface area (Å²) in [7, 11) is 0. The fourth-order valence-electron chi connectivity index (χ4n) is 5.63. The largest absolute Gasteiger partial charge is 0.446 e. The van der Waals surface area contributed by atoms with Crippen molar-refractivity contribution in [3.05, 3.63) is 53.7 Å². The molecule has 2 aromatic rings. The number of oxazole rings is 1. The van der Waals surface area contributed by atoms with Gasteiger partial charge in [-0.15, -0.1) is 0 Å². The van der Waals surface area contributed by atoms with Gasteiger partial charge in [-0.3, -0.25) is 24.0 Å². The Morgan fingerprint density at radius 2 is 1.78 bits per heavy atom. The molecule has 13 heteroatoms. The van der Waals surface area contributed by atoms with Gasteiger partial charge >= 0.3 is 0 Å². The molecule has 1 fully saturated rings. The highest BCUT2D eigenvalue weighted by Gasteiger charge is 2.33. The first-order valence-electron chi connectivity index (χ1n) is 16.2. The predicted molar refractivity (Wildman–Crippen MR) is 168 cm³/mol. The van der Waals surface area contributed by atoms with Crippen molar-refractivity contribution in [2.75, 3.05) is 32.8 Å². The minimum Gasteiger partial charge on any atom is -0.446 e. The van der Waals surface area contributed by atoms with Crippen molar-refractivity contribution in [2.45, 2.75) is 77.4 Å². The average molecular weight is 639 g/mol. The monoisotopic (exact) mass is 638 g/mol. The molecule has 0 spiro atoms. The molecule has 0 unspecified atom stereocenters. The molecule has 0 aliphatic carbocycles. The number of carbonyl (C=O) groups is 5. The van der Waals surface area contributed by atoms with Crippen molar-refractivity contribution < 1.29 is 33.1 Å². The molecular formula is C33H46N6O7. The van der Waals surface area contributed by atoms with Crippen LogP contribution in [0.1, 0.15) is 80.9 Å². The molecular weight excluding hydrogens is 592 g/mol. The molecule has 13 nitrogen and oxygen atoms in total. The number of ether oxygens (including phenoxy) is 1. The molecule has 1 aromatic heterocycles. The summed E-state index contributed by atoms with van der Waals surface area (Å²) < 4.78 is 10.8. The van der Waals surface area contributed by atoms with Gasteiger partial charge in [-0.2, -0.15) is 0 Å². The summed E-state index contributed by atoms with van der Waals surface area (Å²) >= 11 is 0. The van der Waals surface area contributed by atoms with E-state index < -0.39 is 35.8 Å². The van der Waals surface area contributed by atoms with Gasteiger partial charge < -0.3 is 35.3 Å². The Hall–Kier alpha value is -4.26. The van der Waals surface area contributed by atoms with Gasteiger partial charge in [0.1, 0.15) is 31.0 Å². The lowest BCUT2D eigenvalue weighted by atomic mass is 9.95. The molecule has 0 saturated carbocycles. The number of aromatic nitrogens is 1. The van der Waals surface area contributed by atoms with Crippen LogP contribution in [0.3, 0.4) is 0 Å². The van der Waals surface area contributed by atoms with Gasteiger partial charge in [0.2, 0.25) is 29.5 Å². The van der Waals surface area contributed by atoms with Gasteiger partial charge in [-0.25, -0.2) is 4.98 Å². The molecule has 4 rings (SSSR count). The Morgan fingerprint density at radius 1 is 1.04 bits per heavy atom. The first kappa shape index (κ1) is 34.6. The Kier molecular flexibility index (Phi) is 12.7. The summed E-state index contributed by atoms with van der Waals surface area (Å²) in [6.45, 7) is 7.29. The standard InChI is InChI=1S/C33H46N6O7/c1-4-45-20-27(40)39-16-13-23(14-17-39)29(41)35-24-12-8-9-15-34-30(42)26-19-46-33(37-26)28(21(2)3)38-32(44)25(36-31(24)43)18-22-10-6-5-7-11-22/h5-7,10-11,19,21,23-25,28H,4,8-9,12-18,20H2,1-3H3,(H,34,42)(H,35,41)(H,36,43)(H,38,44)/t24-,25-,28-/m0/s1. The Balaban J connectivity index is 1.52. The van der Waals surface area contributed by atoms with E-state index in [0.717, 1.165) is 5.56 Å². The number of hydrogen-bond acceptors (Lipinski definition) is 8. The van der Waals surface area contributed by atoms with Crippen molar-refractivity contribution in [3.63, 3.8) is 0 Å². The summed E-state index contributed by atoms with van der Waals surface area (Å²) in [5.41, 5.74) is 0.965. The highest BCUT2D eigenvalue weighted by molar-refractivity contribution is 5.93. The number of hydrogen-bond donors (Lipinski definition) is 4. The predicted octanol–water partition coefficient (Wildman–Crippen LogP) is 1.89. The van der Waals surface area contributed by atoms with E-state index in [4.69, 9.17) is 9.15 Å². The molecule has 46 heavy (non-hydrogen) atoms. The minimum absolute atomic E-state index is 0.0183. The van der Waals surface area contributed by atoms with Crippen molar-refractivity contribution in [3.8, 4) is 0 Å². The second-order valence-corrected chi connectivity index (χ2v) is 12.2. The number of nitrogens with one attached hydrogen (secondary N) is 4. The number of amides is 5. The molecule has 0 radical (unpaired) electrons. The third kappa shape index (κ3) is 9.62. The fraction of sp³-hybridized carbons (Fsp3) is 0.576. The average Bonchev–Trinajstić information content (AvgIpc) is 3.55. The second kappa shape index (κ2) is 16.9. The van der Waals surface area contributed by atoms with Gasteiger partial charge in [0.25, 0.3) is 5.91 Å². The second-order valence-electron chi connectivity index (χ2n) is 12.2. The van der Waals surface area contributed by atoms with Crippen molar-refractivity contribution in [2.24, 2.45) is 11.8 Å². The number of benzene rings is 1. The third-order valence-electron chi connectivity index (χ3n) is 8.39. The Labute approximate surface area is 269 Å². The van der Waals surface area contributed by atoms with Crippen LogP contribution in [0.25, 0.3) is 0 Å². The van der Waals surface area contributed by atoms with Crippen LogP contribution in [0.4, 0.5) is 0 Å². The van der Waals surface area contributed by atoms with E-state index in [0.29, 0.717) is 58.3 Å². The molecule has 2 aliphatic heterocycles. The van der Waals surface area contributed by atoms with Gasteiger partial charge in [0, 0.05) is 38.6 Å². The van der Waals surface area contributed by atoms with Crippen LogP contribution in [-0.4, -0.2) is 84.4 Å². The van der Waals surface area contributed by atoms with E-state index in [1.54, 1.807) is 4.90 Å². The molecule has 5 amide bonds. The summed E-state index contributed by atoms with van der Waals surface area (Å²) in [6.07, 6.45) is 3.83. The Morgan fingerprint density at radius 3 is 2.48 bits per heavy atom. The molecule has 2 bridgehead atoms. The van der Waals surface area contributed by atoms with Crippen LogP contribution in [0.2, 0.25) is 0 Å². The summed E-state index contributed by atoms with van der Waals surface area (Å²) in [6, 6.07) is 6.84. The maximum atomic E-state index is 13.8. The molecule has 3 heterocycles. The highest BCUT2D eigenvalue weighted by atomic mass is 16.5. The number of piperidine rings is 1. The number of carbonyl (C=O) groups excluding carboxylic acids is 5. The summed E-state index contributed by atoms with van der Waals surface area (Å²) in [5.74, 6) is -1.97. The molecule has 250 valence electrons. The maximum absolute atomic E-state index is 13.8. The molecule has 3 atom stereocenters. The van der Waals surface area contributed by atoms with Crippen molar-refractivity contribution >= 4 is 29.5 Å². The van der Waals surface area contributed by atoms with Gasteiger partial charge in [-0.1, -0.05) is 44.2 Å². The molecule has 1 saturated heterocycles. The smallest absolute Gasteiger partial charge is 0.273 e. The molecule has 1 aromatic carbocycles. The number of rotatable bonds is 8. The van der Waals surface area contributed by atoms with E-state index in [2.05, 4.69) is 26.3 Å². The zero-order valence-corrected chi connectivity index (χ0v) is 26.9. The van der Waals surface area contributed by atoms with Crippen molar-refractivity contribution in [1.29, 1.82) is 0 Å². The Bertz CT molecular complexity index is 1340. The van der Waals surface area contributed by atoms with Crippen LogP contribution in [-0.2, 0) is 30.3 Å². The quantitative estimate of drug-likeness (QED) is 0.340. The van der Waals surface area contributed by atoms with Gasteiger partial charge in [-0.05, 0) is 50.5 Å². The normalized spacial score (nSPS) is 22.1. The van der Waals surface area contributed by atoms with Crippen LogP contribution < -0.4 is 21.3 Å². The minimum atomic E-state index is -0.958. The third-order valence-corrected chi connectivity index (χ3v) is 8.39. The lowest BCUT2D eigenvalue weighted by Gasteiger charge is -2.32. The first-order chi connectivity index (χ1) is 22.2. The van der Waals surface area contributed by atoms with Crippen LogP contribution >= 0.6 is 0 Å². The van der Waals surface area contributed by atoms with Crippen LogP contribution in [0.5, 0.6) is 0 Å². The number of fused-ring (bicyclic) bond motifs is 2. The van der Waals surface area contributed by atoms with E-state index >= 15 is 0 Å². The molecule has 4 N–H and O–H groups in total. The zero-order chi connectivity index (χ0) is 33.1. The highest BCUT2D eigenvalue weighted by Crippen LogP contribution is 2.22. The number of nitrogens with zero attached hydrogens (tertiary/aromatic N) is 2. The number of likely N-dealkylation sites (tertiary alicyclic amines) is 1. The van der Waals surface area contributed by atoms with E-state index in [9.17, 15) is 24.0 Å². The van der Waals surface area contributed by atoms with Crippen molar-refractivity contribution in [1.82, 2.24) is 31.2 Å².